The van der Waals surface area contributed by atoms with Crippen LogP contribution in [0.2, 0.25) is 0 Å². The second kappa shape index (κ2) is 10.9. The van der Waals surface area contributed by atoms with Crippen LogP contribution in [0.25, 0.3) is 16.9 Å². The second-order valence-electron chi connectivity index (χ2n) is 10.0. The molecule has 0 radical (unpaired) electrons. The molecule has 0 aliphatic carbocycles. The Bertz CT molecular complexity index is 1810. The van der Waals surface area contributed by atoms with Crippen molar-refractivity contribution in [2.45, 2.75) is 24.2 Å². The van der Waals surface area contributed by atoms with Crippen molar-refractivity contribution in [1.82, 2.24) is 23.8 Å². The third-order valence-electron chi connectivity index (χ3n) is 7.03. The maximum atomic E-state index is 14.0. The van der Waals surface area contributed by atoms with Crippen LogP contribution >= 0.6 is 0 Å². The van der Waals surface area contributed by atoms with Gasteiger partial charge in [0.15, 0.2) is 11.3 Å². The number of amides is 1. The number of anilines is 1. The summed E-state index contributed by atoms with van der Waals surface area (Å²) in [6, 6.07) is 8.88. The van der Waals surface area contributed by atoms with Crippen LogP contribution in [-0.2, 0) is 22.4 Å². The molecule has 1 fully saturated rings. The minimum atomic E-state index is -4.96. The molecule has 9 nitrogen and oxygen atoms in total. The first kappa shape index (κ1) is 30.4. The van der Waals surface area contributed by atoms with Gasteiger partial charge in [-0.1, -0.05) is 12.1 Å². The smallest absolute Gasteiger partial charge is 0.322 e. The van der Waals surface area contributed by atoms with E-state index in [0.717, 1.165) is 24.4 Å². The molecule has 1 N–H and O–H groups in total. The lowest BCUT2D eigenvalue weighted by Crippen LogP contribution is -2.47. The van der Waals surface area contributed by atoms with E-state index < -0.39 is 45.2 Å². The summed E-state index contributed by atoms with van der Waals surface area (Å²) >= 11 is 0. The SMILES string of the molecule is Cc1cc(-c2cc(C(F)(F)F)n3ncc(C(=O)Nc4cccc(S(=O)(=O)N5CCN(C)CC5)c4)c3n2)ccc1C(F)(F)F. The van der Waals surface area contributed by atoms with E-state index in [2.05, 4.69) is 15.4 Å². The number of hydrogen-bond donors (Lipinski definition) is 1. The molecule has 0 unspecified atom stereocenters. The summed E-state index contributed by atoms with van der Waals surface area (Å²) in [5.74, 6) is -0.925. The number of nitrogens with zero attached hydrogens (tertiary/aromatic N) is 5. The number of alkyl halides is 6. The van der Waals surface area contributed by atoms with Crippen molar-refractivity contribution >= 4 is 27.3 Å². The predicted molar refractivity (Wildman–Crippen MR) is 144 cm³/mol. The minimum absolute atomic E-state index is 0.0344. The Labute approximate surface area is 241 Å². The van der Waals surface area contributed by atoms with Crippen LogP contribution in [0.5, 0.6) is 0 Å². The molecule has 4 aromatic rings. The largest absolute Gasteiger partial charge is 0.433 e. The fraction of sp³-hybridized carbons (Fsp3) is 0.296. The molecule has 1 aliphatic rings. The van der Waals surface area contributed by atoms with Gasteiger partial charge in [0.1, 0.15) is 5.56 Å². The molecule has 2 aromatic heterocycles. The van der Waals surface area contributed by atoms with Crippen LogP contribution in [-0.4, -0.2) is 71.4 Å². The van der Waals surface area contributed by atoms with Gasteiger partial charge in [0.25, 0.3) is 5.91 Å². The first-order chi connectivity index (χ1) is 20.1. The highest BCUT2D eigenvalue weighted by molar-refractivity contribution is 7.89. The number of carbonyl (C=O) groups is 1. The van der Waals surface area contributed by atoms with E-state index in [0.29, 0.717) is 23.7 Å². The van der Waals surface area contributed by atoms with Gasteiger partial charge in [0, 0.05) is 37.4 Å². The first-order valence-electron chi connectivity index (χ1n) is 12.8. The van der Waals surface area contributed by atoms with Gasteiger partial charge < -0.3 is 10.2 Å². The van der Waals surface area contributed by atoms with Crippen molar-refractivity contribution in [1.29, 1.82) is 0 Å². The summed E-state index contributed by atoms with van der Waals surface area (Å²) in [6.45, 7) is 2.83. The third kappa shape index (κ3) is 6.07. The Morgan fingerprint density at radius 3 is 2.26 bits per heavy atom. The lowest BCUT2D eigenvalue weighted by molar-refractivity contribution is -0.142. The zero-order valence-electron chi connectivity index (χ0n) is 22.7. The van der Waals surface area contributed by atoms with E-state index in [-0.39, 0.29) is 46.1 Å². The van der Waals surface area contributed by atoms with E-state index in [1.165, 1.54) is 35.5 Å². The number of benzene rings is 2. The quantitative estimate of drug-likeness (QED) is 0.316. The van der Waals surface area contributed by atoms with Crippen molar-refractivity contribution in [2.24, 2.45) is 0 Å². The summed E-state index contributed by atoms with van der Waals surface area (Å²) in [7, 11) is -2.00. The van der Waals surface area contributed by atoms with E-state index in [1.54, 1.807) is 0 Å². The number of halogens is 6. The maximum absolute atomic E-state index is 14.0. The molecule has 2 aromatic carbocycles. The summed E-state index contributed by atoms with van der Waals surface area (Å²) in [5.41, 5.74) is -3.65. The number of nitrogens with one attached hydrogen (secondary N) is 1. The number of likely N-dealkylation sites (N-methyl/N-ethyl adjacent to an activating group) is 1. The lowest BCUT2D eigenvalue weighted by atomic mass is 10.0. The summed E-state index contributed by atoms with van der Waals surface area (Å²) in [5, 5.41) is 6.17. The molecule has 1 saturated heterocycles. The Hall–Kier alpha value is -4.02. The molecule has 1 aliphatic heterocycles. The minimum Gasteiger partial charge on any atom is -0.322 e. The average Bonchev–Trinajstić information content (AvgIpc) is 3.36. The van der Waals surface area contributed by atoms with Crippen molar-refractivity contribution in [3.8, 4) is 11.3 Å². The highest BCUT2D eigenvalue weighted by Gasteiger charge is 2.37. The zero-order chi connectivity index (χ0) is 31.3. The molecule has 0 atom stereocenters. The predicted octanol–water partition coefficient (Wildman–Crippen LogP) is 4.93. The monoisotopic (exact) mass is 626 g/mol. The number of piperazine rings is 1. The lowest BCUT2D eigenvalue weighted by Gasteiger charge is -2.31. The highest BCUT2D eigenvalue weighted by Crippen LogP contribution is 2.36. The fourth-order valence-corrected chi connectivity index (χ4v) is 6.19. The van der Waals surface area contributed by atoms with E-state index >= 15 is 0 Å². The number of rotatable bonds is 5. The number of aromatic nitrogens is 3. The van der Waals surface area contributed by atoms with Gasteiger partial charge in [-0.3, -0.25) is 4.79 Å². The van der Waals surface area contributed by atoms with Gasteiger partial charge in [-0.15, -0.1) is 0 Å². The Morgan fingerprint density at radius 2 is 1.63 bits per heavy atom. The normalized spacial score (nSPS) is 15.6. The summed E-state index contributed by atoms with van der Waals surface area (Å²) in [6.07, 6.45) is -8.74. The Balaban J connectivity index is 1.50. The van der Waals surface area contributed by atoms with Crippen LogP contribution in [0.3, 0.4) is 0 Å². The van der Waals surface area contributed by atoms with Gasteiger partial charge in [0.05, 0.1) is 22.3 Å². The van der Waals surface area contributed by atoms with Crippen LogP contribution in [0.1, 0.15) is 27.2 Å². The number of aryl methyl sites for hydroxylation is 1. The van der Waals surface area contributed by atoms with Crippen LogP contribution in [0.15, 0.2) is 59.6 Å². The third-order valence-corrected chi connectivity index (χ3v) is 8.92. The van der Waals surface area contributed by atoms with E-state index in [1.807, 2.05) is 11.9 Å². The van der Waals surface area contributed by atoms with Gasteiger partial charge >= 0.3 is 12.4 Å². The van der Waals surface area contributed by atoms with Crippen LogP contribution in [0.4, 0.5) is 32.0 Å². The molecule has 228 valence electrons. The highest BCUT2D eigenvalue weighted by atomic mass is 32.2. The van der Waals surface area contributed by atoms with E-state index in [9.17, 15) is 39.6 Å². The first-order valence-corrected chi connectivity index (χ1v) is 14.2. The van der Waals surface area contributed by atoms with Gasteiger partial charge in [-0.05, 0) is 55.9 Å². The summed E-state index contributed by atoms with van der Waals surface area (Å²) < 4.78 is 110. The second-order valence-corrected chi connectivity index (χ2v) is 12.0. The summed E-state index contributed by atoms with van der Waals surface area (Å²) in [4.78, 5) is 19.3. The maximum Gasteiger partial charge on any atom is 0.433 e. The molecule has 0 saturated carbocycles. The molecule has 5 rings (SSSR count). The number of carbonyl (C=O) groups excluding carboxylic acids is 1. The van der Waals surface area contributed by atoms with Crippen LogP contribution < -0.4 is 5.32 Å². The molecule has 1 amide bonds. The topological polar surface area (TPSA) is 99.9 Å². The average molecular weight is 627 g/mol. The fourth-order valence-electron chi connectivity index (χ4n) is 4.72. The molecule has 0 spiro atoms. The standard InChI is InChI=1S/C27H24F6N6O3S/c1-16-12-17(6-7-21(16)26(28,29)30)22-14-23(27(31,32)33)39-24(36-22)20(15-34-39)25(40)35-18-4-3-5-19(13-18)43(41,42)38-10-8-37(2)9-11-38/h3-7,12-15H,8-11H2,1-2H3,(H,35,40). The molecule has 0 bridgehead atoms. The van der Waals surface area contributed by atoms with Crippen molar-refractivity contribution in [3.63, 3.8) is 0 Å². The molecule has 43 heavy (non-hydrogen) atoms. The molecule has 3 heterocycles. The van der Waals surface area contributed by atoms with Crippen LogP contribution in [0, 0.1) is 6.92 Å². The Morgan fingerprint density at radius 1 is 0.930 bits per heavy atom. The number of fused-ring (bicyclic) bond motifs is 1. The van der Waals surface area contributed by atoms with E-state index in [4.69, 9.17) is 0 Å². The molecular formula is C27H24F6N6O3S. The van der Waals surface area contributed by atoms with Gasteiger partial charge in [-0.2, -0.15) is 35.7 Å². The van der Waals surface area contributed by atoms with Gasteiger partial charge in [-0.25, -0.2) is 17.9 Å². The van der Waals surface area contributed by atoms with Crippen molar-refractivity contribution in [2.75, 3.05) is 38.5 Å². The number of hydrogen-bond acceptors (Lipinski definition) is 6. The van der Waals surface area contributed by atoms with Crippen molar-refractivity contribution < 1.29 is 39.6 Å². The van der Waals surface area contributed by atoms with Crippen molar-refractivity contribution in [3.05, 3.63) is 77.1 Å². The number of sulfonamides is 1. The Kier molecular flexibility index (Phi) is 7.73. The molecule has 16 heteroatoms. The zero-order valence-corrected chi connectivity index (χ0v) is 23.5. The van der Waals surface area contributed by atoms with Gasteiger partial charge in [0.2, 0.25) is 10.0 Å². The molecular weight excluding hydrogens is 602 g/mol.